The summed E-state index contributed by atoms with van der Waals surface area (Å²) in [4.78, 5) is 28.1. The highest BCUT2D eigenvalue weighted by atomic mass is 16.5. The first-order valence-electron chi connectivity index (χ1n) is 8.22. The van der Waals surface area contributed by atoms with E-state index in [9.17, 15) is 14.7 Å². The lowest BCUT2D eigenvalue weighted by atomic mass is 9.93. The van der Waals surface area contributed by atoms with Crippen molar-refractivity contribution in [3.63, 3.8) is 0 Å². The lowest BCUT2D eigenvalue weighted by Gasteiger charge is -2.39. The van der Waals surface area contributed by atoms with Gasteiger partial charge in [-0.25, -0.2) is 0 Å². The average molecular weight is 310 g/mol. The van der Waals surface area contributed by atoms with Crippen LogP contribution in [0.3, 0.4) is 0 Å². The molecule has 3 aliphatic heterocycles. The Kier molecular flexibility index (Phi) is 3.93. The Bertz CT molecular complexity index is 479. The van der Waals surface area contributed by atoms with E-state index in [-0.39, 0.29) is 36.1 Å². The van der Waals surface area contributed by atoms with Gasteiger partial charge in [0.1, 0.15) is 6.04 Å². The van der Waals surface area contributed by atoms with Crippen molar-refractivity contribution in [3.05, 3.63) is 0 Å². The van der Waals surface area contributed by atoms with Gasteiger partial charge >= 0.3 is 0 Å². The average Bonchev–Trinajstić information content (AvgIpc) is 2.95. The number of β-amino-alcohol motifs (C(OH)–C–C–N with tert-alkyl or cyclic N) is 1. The van der Waals surface area contributed by atoms with Crippen molar-refractivity contribution in [1.82, 2.24) is 9.80 Å². The Morgan fingerprint density at radius 3 is 2.68 bits per heavy atom. The van der Waals surface area contributed by atoms with Crippen molar-refractivity contribution in [2.45, 2.75) is 76.3 Å². The molecule has 6 nitrogen and oxygen atoms in total. The van der Waals surface area contributed by atoms with Gasteiger partial charge in [0.15, 0.2) is 0 Å². The lowest BCUT2D eigenvalue weighted by Crippen LogP contribution is -2.55. The monoisotopic (exact) mass is 310 g/mol. The summed E-state index contributed by atoms with van der Waals surface area (Å²) in [6, 6.07) is -0.419. The molecule has 6 heteroatoms. The Balaban J connectivity index is 1.78. The zero-order valence-electron chi connectivity index (χ0n) is 13.6. The molecule has 0 spiro atoms. The van der Waals surface area contributed by atoms with E-state index in [2.05, 4.69) is 13.8 Å². The molecule has 2 amide bonds. The second kappa shape index (κ2) is 5.49. The molecule has 3 saturated heterocycles. The molecule has 0 saturated carbocycles. The number of nitrogens with zero attached hydrogens (tertiary/aromatic N) is 2. The maximum Gasteiger partial charge on any atom is 0.245 e. The summed E-state index contributed by atoms with van der Waals surface area (Å²) in [6.07, 6.45) is 2.59. The van der Waals surface area contributed by atoms with Gasteiger partial charge in [0.05, 0.1) is 23.9 Å². The highest BCUT2D eigenvalue weighted by Crippen LogP contribution is 2.38. The molecule has 0 aromatic carbocycles. The van der Waals surface area contributed by atoms with E-state index >= 15 is 0 Å². The highest BCUT2D eigenvalue weighted by Gasteiger charge is 2.49. The molecule has 0 bridgehead atoms. The van der Waals surface area contributed by atoms with E-state index in [0.29, 0.717) is 6.42 Å². The predicted molar refractivity (Wildman–Crippen MR) is 80.1 cm³/mol. The van der Waals surface area contributed by atoms with E-state index in [1.807, 2.05) is 4.90 Å². The van der Waals surface area contributed by atoms with Crippen molar-refractivity contribution in [1.29, 1.82) is 0 Å². The third kappa shape index (κ3) is 2.74. The number of carbonyl (C=O) groups excluding carboxylic acids is 2. The summed E-state index contributed by atoms with van der Waals surface area (Å²) < 4.78 is 6.07. The zero-order chi connectivity index (χ0) is 16.1. The first-order chi connectivity index (χ1) is 10.3. The molecule has 0 aliphatic carbocycles. The Morgan fingerprint density at radius 2 is 2.00 bits per heavy atom. The van der Waals surface area contributed by atoms with Crippen molar-refractivity contribution >= 4 is 11.8 Å². The van der Waals surface area contributed by atoms with Crippen LogP contribution in [-0.4, -0.2) is 69.7 Å². The van der Waals surface area contributed by atoms with Gasteiger partial charge in [0.25, 0.3) is 0 Å². The van der Waals surface area contributed by atoms with Crippen LogP contribution in [0.4, 0.5) is 0 Å². The molecule has 3 rings (SSSR count). The van der Waals surface area contributed by atoms with Gasteiger partial charge < -0.3 is 19.6 Å². The fraction of sp³-hybridized carbons (Fsp3) is 0.875. The number of aliphatic hydroxyl groups is 1. The first-order valence-corrected chi connectivity index (χ1v) is 8.22. The van der Waals surface area contributed by atoms with Gasteiger partial charge in [-0.15, -0.1) is 0 Å². The standard InChI is InChI=1S/C16H26N2O4/c1-10(19)18-9-11(20)7-12(18)15(21)17-6-4-5-14-13(17)8-16(2,3)22-14/h11-14,20H,4-9H2,1-3H3/t11-,12+,13+,14+/m1/s1. The van der Waals surface area contributed by atoms with Crippen LogP contribution < -0.4 is 0 Å². The molecule has 0 unspecified atom stereocenters. The molecule has 0 radical (unpaired) electrons. The normalized spacial score (nSPS) is 37.3. The van der Waals surface area contributed by atoms with Crippen LogP contribution >= 0.6 is 0 Å². The number of carbonyl (C=O) groups is 2. The smallest absolute Gasteiger partial charge is 0.245 e. The number of piperidine rings is 1. The maximum absolute atomic E-state index is 13.0. The van der Waals surface area contributed by atoms with E-state index in [0.717, 1.165) is 25.8 Å². The number of ether oxygens (including phenoxy) is 1. The van der Waals surface area contributed by atoms with Gasteiger partial charge in [-0.1, -0.05) is 0 Å². The summed E-state index contributed by atoms with van der Waals surface area (Å²) in [5.41, 5.74) is -0.201. The van der Waals surface area contributed by atoms with Crippen LogP contribution in [0.25, 0.3) is 0 Å². The SMILES string of the molecule is CC(=O)N1C[C@H](O)C[C@H]1C(=O)N1CCC[C@@H]2OC(C)(C)C[C@@H]21. The van der Waals surface area contributed by atoms with E-state index < -0.39 is 12.1 Å². The van der Waals surface area contributed by atoms with Crippen LogP contribution in [-0.2, 0) is 14.3 Å². The number of hydrogen-bond acceptors (Lipinski definition) is 4. The van der Waals surface area contributed by atoms with Crippen LogP contribution in [0.1, 0.15) is 46.5 Å². The largest absolute Gasteiger partial charge is 0.391 e. The minimum absolute atomic E-state index is 0.0252. The molecule has 1 N–H and O–H groups in total. The molecular formula is C16H26N2O4. The van der Waals surface area contributed by atoms with Crippen LogP contribution in [0, 0.1) is 0 Å². The number of aliphatic hydroxyl groups excluding tert-OH is 1. The van der Waals surface area contributed by atoms with Crippen molar-refractivity contribution in [2.24, 2.45) is 0 Å². The van der Waals surface area contributed by atoms with Crippen LogP contribution in [0.2, 0.25) is 0 Å². The quantitative estimate of drug-likeness (QED) is 0.767. The number of rotatable bonds is 1. The molecule has 0 aromatic rings. The van der Waals surface area contributed by atoms with Crippen molar-refractivity contribution < 1.29 is 19.4 Å². The van der Waals surface area contributed by atoms with Crippen LogP contribution in [0.5, 0.6) is 0 Å². The van der Waals surface area contributed by atoms with E-state index in [1.165, 1.54) is 11.8 Å². The molecule has 3 aliphatic rings. The highest BCUT2D eigenvalue weighted by molar-refractivity contribution is 5.88. The number of hydrogen-bond donors (Lipinski definition) is 1. The fourth-order valence-corrected chi connectivity index (χ4v) is 4.22. The molecule has 22 heavy (non-hydrogen) atoms. The second-order valence-corrected chi connectivity index (χ2v) is 7.44. The minimum atomic E-state index is -0.602. The minimum Gasteiger partial charge on any atom is -0.391 e. The summed E-state index contributed by atoms with van der Waals surface area (Å²) in [5.74, 6) is -0.172. The molecule has 3 fully saturated rings. The van der Waals surface area contributed by atoms with E-state index in [4.69, 9.17) is 4.74 Å². The Labute approximate surface area is 131 Å². The summed E-state index contributed by atoms with van der Waals surface area (Å²) in [7, 11) is 0. The number of fused-ring (bicyclic) bond motifs is 1. The van der Waals surface area contributed by atoms with E-state index in [1.54, 1.807) is 0 Å². The molecular weight excluding hydrogens is 284 g/mol. The van der Waals surface area contributed by atoms with Crippen LogP contribution in [0.15, 0.2) is 0 Å². The summed E-state index contributed by atoms with van der Waals surface area (Å²) in [6.45, 7) is 6.57. The van der Waals surface area contributed by atoms with Gasteiger partial charge in [0.2, 0.25) is 11.8 Å². The second-order valence-electron chi connectivity index (χ2n) is 7.44. The zero-order valence-corrected chi connectivity index (χ0v) is 13.6. The predicted octanol–water partition coefficient (Wildman–Crippen LogP) is 0.527. The topological polar surface area (TPSA) is 70.1 Å². The third-order valence-electron chi connectivity index (χ3n) is 5.14. The molecule has 4 atom stereocenters. The first kappa shape index (κ1) is 15.7. The summed E-state index contributed by atoms with van der Waals surface area (Å²) >= 11 is 0. The molecule has 0 aromatic heterocycles. The summed E-state index contributed by atoms with van der Waals surface area (Å²) in [5, 5.41) is 9.85. The van der Waals surface area contributed by atoms with Gasteiger partial charge in [-0.2, -0.15) is 0 Å². The van der Waals surface area contributed by atoms with Crippen molar-refractivity contribution in [3.8, 4) is 0 Å². The Morgan fingerprint density at radius 1 is 1.27 bits per heavy atom. The Hall–Kier alpha value is -1.14. The maximum atomic E-state index is 13.0. The van der Waals surface area contributed by atoms with Gasteiger partial charge in [0, 0.05) is 26.4 Å². The third-order valence-corrected chi connectivity index (χ3v) is 5.14. The molecule has 124 valence electrons. The number of amides is 2. The fourth-order valence-electron chi connectivity index (χ4n) is 4.22. The number of likely N-dealkylation sites (tertiary alicyclic amines) is 2. The van der Waals surface area contributed by atoms with Gasteiger partial charge in [-0.05, 0) is 33.1 Å². The van der Waals surface area contributed by atoms with Crippen molar-refractivity contribution in [2.75, 3.05) is 13.1 Å². The molecule has 3 heterocycles. The van der Waals surface area contributed by atoms with Gasteiger partial charge in [-0.3, -0.25) is 9.59 Å². The lowest BCUT2D eigenvalue weighted by molar-refractivity contribution is -0.147.